The van der Waals surface area contributed by atoms with Crippen LogP contribution < -0.4 is 5.32 Å². The zero-order valence-electron chi connectivity index (χ0n) is 16.0. The highest BCUT2D eigenvalue weighted by Gasteiger charge is 2.34. The van der Waals surface area contributed by atoms with E-state index in [2.05, 4.69) is 15.4 Å². The van der Waals surface area contributed by atoms with Gasteiger partial charge in [0.05, 0.1) is 0 Å². The smallest absolute Gasteiger partial charge is 0.254 e. The Kier molecular flexibility index (Phi) is 6.01. The fourth-order valence-electron chi connectivity index (χ4n) is 3.53. The summed E-state index contributed by atoms with van der Waals surface area (Å²) in [6.07, 6.45) is 6.52. The number of hydrogen-bond acceptors (Lipinski definition) is 4. The number of benzene rings is 1. The van der Waals surface area contributed by atoms with Gasteiger partial charge in [-0.15, -0.1) is 0 Å². The second-order valence-electron chi connectivity index (χ2n) is 7.01. The molecule has 1 fully saturated rings. The fourth-order valence-corrected chi connectivity index (χ4v) is 4.06. The van der Waals surface area contributed by atoms with Crippen LogP contribution in [-0.4, -0.2) is 44.1 Å². The number of rotatable bonds is 5. The van der Waals surface area contributed by atoms with Crippen molar-refractivity contribution < 1.29 is 9.59 Å². The van der Waals surface area contributed by atoms with Gasteiger partial charge in [0.2, 0.25) is 5.91 Å². The third-order valence-corrected chi connectivity index (χ3v) is 5.38. The summed E-state index contributed by atoms with van der Waals surface area (Å²) < 4.78 is 1.65. The average molecular weight is 444 g/mol. The molecule has 1 atom stereocenters. The number of carbonyl (C=O) groups excluding carboxylic acids is 2. The minimum absolute atomic E-state index is 0.188. The Balaban J connectivity index is 1.43. The Morgan fingerprint density at radius 3 is 2.67 bits per heavy atom. The standard InChI is InChI=1S/C21H19Cl2N5O2/c22-16-10-15(11-17(23)12-16)21(30)27-7-1-3-18(27)20(29)25-13-14-4-6-24-19(9-14)28-8-2-5-26-28/h2,4-6,8-12,18H,1,3,7,13H2,(H,25,29). The zero-order chi connectivity index (χ0) is 21.1. The van der Waals surface area contributed by atoms with Crippen LogP contribution >= 0.6 is 23.2 Å². The molecule has 0 saturated carbocycles. The van der Waals surface area contributed by atoms with Crippen molar-refractivity contribution in [1.82, 2.24) is 25.0 Å². The maximum Gasteiger partial charge on any atom is 0.254 e. The molecule has 3 aromatic rings. The number of pyridine rings is 1. The lowest BCUT2D eigenvalue weighted by atomic mass is 10.1. The molecule has 4 rings (SSSR count). The number of nitrogens with zero attached hydrogens (tertiary/aromatic N) is 4. The number of amides is 2. The summed E-state index contributed by atoms with van der Waals surface area (Å²) in [5, 5.41) is 7.86. The predicted molar refractivity (Wildman–Crippen MR) is 114 cm³/mol. The van der Waals surface area contributed by atoms with Crippen molar-refractivity contribution in [3.8, 4) is 5.82 Å². The van der Waals surface area contributed by atoms with Gasteiger partial charge in [-0.05, 0) is 54.8 Å². The molecular weight excluding hydrogens is 425 g/mol. The van der Waals surface area contributed by atoms with Gasteiger partial charge in [0.15, 0.2) is 5.82 Å². The van der Waals surface area contributed by atoms with Gasteiger partial charge < -0.3 is 10.2 Å². The monoisotopic (exact) mass is 443 g/mol. The first-order valence-electron chi connectivity index (χ1n) is 9.51. The lowest BCUT2D eigenvalue weighted by Crippen LogP contribution is -2.45. The third kappa shape index (κ3) is 4.47. The number of aromatic nitrogens is 3. The van der Waals surface area contributed by atoms with E-state index in [-0.39, 0.29) is 11.8 Å². The van der Waals surface area contributed by atoms with E-state index >= 15 is 0 Å². The second-order valence-corrected chi connectivity index (χ2v) is 7.88. The minimum Gasteiger partial charge on any atom is -0.350 e. The van der Waals surface area contributed by atoms with E-state index < -0.39 is 6.04 Å². The van der Waals surface area contributed by atoms with Gasteiger partial charge in [-0.2, -0.15) is 5.10 Å². The topological polar surface area (TPSA) is 80.1 Å². The van der Waals surface area contributed by atoms with E-state index in [1.807, 2.05) is 18.2 Å². The molecule has 154 valence electrons. The molecule has 1 saturated heterocycles. The summed E-state index contributed by atoms with van der Waals surface area (Å²) in [4.78, 5) is 31.6. The summed E-state index contributed by atoms with van der Waals surface area (Å²) in [7, 11) is 0. The molecule has 7 nitrogen and oxygen atoms in total. The van der Waals surface area contributed by atoms with Crippen molar-refractivity contribution in [3.05, 3.63) is 76.2 Å². The van der Waals surface area contributed by atoms with Gasteiger partial charge in [-0.1, -0.05) is 23.2 Å². The molecule has 30 heavy (non-hydrogen) atoms. The molecule has 3 heterocycles. The van der Waals surface area contributed by atoms with E-state index in [9.17, 15) is 9.59 Å². The summed E-state index contributed by atoms with van der Waals surface area (Å²) in [6, 6.07) is 9.68. The molecule has 0 spiro atoms. The van der Waals surface area contributed by atoms with Crippen LogP contribution in [0.15, 0.2) is 55.0 Å². The van der Waals surface area contributed by atoms with Crippen molar-refractivity contribution >= 4 is 35.0 Å². The van der Waals surface area contributed by atoms with Gasteiger partial charge in [-0.25, -0.2) is 9.67 Å². The van der Waals surface area contributed by atoms with Crippen molar-refractivity contribution in [2.45, 2.75) is 25.4 Å². The largest absolute Gasteiger partial charge is 0.350 e. The van der Waals surface area contributed by atoms with E-state index in [4.69, 9.17) is 23.2 Å². The van der Waals surface area contributed by atoms with Crippen LogP contribution in [0.1, 0.15) is 28.8 Å². The van der Waals surface area contributed by atoms with Crippen LogP contribution in [0.4, 0.5) is 0 Å². The van der Waals surface area contributed by atoms with E-state index in [0.29, 0.717) is 40.9 Å². The SMILES string of the molecule is O=C(NCc1ccnc(-n2cccn2)c1)C1CCCN1C(=O)c1cc(Cl)cc(Cl)c1. The van der Waals surface area contributed by atoms with E-state index in [1.54, 1.807) is 46.4 Å². The van der Waals surface area contributed by atoms with Gasteiger partial charge >= 0.3 is 0 Å². The van der Waals surface area contributed by atoms with Gasteiger partial charge in [0, 0.05) is 47.3 Å². The van der Waals surface area contributed by atoms with Crippen molar-refractivity contribution in [3.63, 3.8) is 0 Å². The second kappa shape index (κ2) is 8.85. The molecule has 2 amide bonds. The lowest BCUT2D eigenvalue weighted by Gasteiger charge is -2.24. The maximum absolute atomic E-state index is 12.9. The molecule has 1 aliphatic rings. The molecule has 2 aromatic heterocycles. The summed E-state index contributed by atoms with van der Waals surface area (Å²) >= 11 is 12.0. The molecule has 0 aliphatic carbocycles. The third-order valence-electron chi connectivity index (χ3n) is 4.94. The number of likely N-dealkylation sites (tertiary alicyclic amines) is 1. The molecule has 1 unspecified atom stereocenters. The predicted octanol–water partition coefficient (Wildman–Crippen LogP) is 3.50. The molecule has 1 aliphatic heterocycles. The summed E-state index contributed by atoms with van der Waals surface area (Å²) in [6.45, 7) is 0.844. The summed E-state index contributed by atoms with van der Waals surface area (Å²) in [5.41, 5.74) is 1.27. The van der Waals surface area contributed by atoms with Crippen LogP contribution in [-0.2, 0) is 11.3 Å². The number of carbonyl (C=O) groups is 2. The molecule has 1 aromatic carbocycles. The van der Waals surface area contributed by atoms with E-state index in [0.717, 1.165) is 12.0 Å². The molecule has 0 radical (unpaired) electrons. The number of hydrogen-bond donors (Lipinski definition) is 1. The molecule has 9 heteroatoms. The lowest BCUT2D eigenvalue weighted by molar-refractivity contribution is -0.125. The highest BCUT2D eigenvalue weighted by molar-refractivity contribution is 6.35. The van der Waals surface area contributed by atoms with Gasteiger partial charge in [0.25, 0.3) is 5.91 Å². The number of nitrogens with one attached hydrogen (secondary N) is 1. The van der Waals surface area contributed by atoms with E-state index in [1.165, 1.54) is 0 Å². The van der Waals surface area contributed by atoms with Crippen LogP contribution in [0, 0.1) is 0 Å². The van der Waals surface area contributed by atoms with Crippen LogP contribution in [0.5, 0.6) is 0 Å². The normalized spacial score (nSPS) is 15.9. The van der Waals surface area contributed by atoms with Crippen molar-refractivity contribution in [2.75, 3.05) is 6.54 Å². The average Bonchev–Trinajstić information content (AvgIpc) is 3.43. The van der Waals surface area contributed by atoms with Gasteiger partial charge in [0.1, 0.15) is 6.04 Å². The van der Waals surface area contributed by atoms with Crippen molar-refractivity contribution in [2.24, 2.45) is 0 Å². The minimum atomic E-state index is -0.525. The first-order chi connectivity index (χ1) is 14.5. The maximum atomic E-state index is 12.9. The Hall–Kier alpha value is -2.90. The van der Waals surface area contributed by atoms with Crippen LogP contribution in [0.3, 0.4) is 0 Å². The first kappa shape index (κ1) is 20.4. The Labute approximate surface area is 183 Å². The highest BCUT2D eigenvalue weighted by atomic mass is 35.5. The Morgan fingerprint density at radius 1 is 1.13 bits per heavy atom. The van der Waals surface area contributed by atoms with Crippen LogP contribution in [0.2, 0.25) is 10.0 Å². The van der Waals surface area contributed by atoms with Crippen molar-refractivity contribution in [1.29, 1.82) is 0 Å². The molecular formula is C21H19Cl2N5O2. The zero-order valence-corrected chi connectivity index (χ0v) is 17.5. The fraction of sp³-hybridized carbons (Fsp3) is 0.238. The van der Waals surface area contributed by atoms with Crippen LogP contribution in [0.25, 0.3) is 5.82 Å². The first-order valence-corrected chi connectivity index (χ1v) is 10.3. The quantitative estimate of drug-likeness (QED) is 0.654. The Morgan fingerprint density at radius 2 is 1.93 bits per heavy atom. The summed E-state index contributed by atoms with van der Waals surface area (Å²) in [5.74, 6) is 0.232. The van der Waals surface area contributed by atoms with Gasteiger partial charge in [-0.3, -0.25) is 9.59 Å². The number of halogens is 2. The molecule has 0 bridgehead atoms. The highest BCUT2D eigenvalue weighted by Crippen LogP contribution is 2.24. The molecule has 1 N–H and O–H groups in total. The Bertz CT molecular complexity index is 1050.